The van der Waals surface area contributed by atoms with Crippen LogP contribution in [0, 0.1) is 0 Å². The molecule has 0 aromatic carbocycles. The maximum Gasteiger partial charge on any atom is 0.224 e. The molecule has 1 amide bonds. The van der Waals surface area contributed by atoms with Gasteiger partial charge >= 0.3 is 0 Å². The average Bonchev–Trinajstić information content (AvgIpc) is 2.47. The number of carbonyl (C=O) groups is 1. The average molecular weight is 271 g/mol. The third kappa shape index (κ3) is 5.47. The van der Waals surface area contributed by atoms with Crippen molar-refractivity contribution in [1.82, 2.24) is 9.80 Å². The number of ether oxygens (including phenoxy) is 1. The molecule has 0 aromatic rings. The number of hydrogen-bond acceptors (Lipinski definition) is 4. The summed E-state index contributed by atoms with van der Waals surface area (Å²) >= 11 is 0. The van der Waals surface area contributed by atoms with Crippen LogP contribution in [0.1, 0.15) is 32.6 Å². The summed E-state index contributed by atoms with van der Waals surface area (Å²) in [7, 11) is 1.70. The van der Waals surface area contributed by atoms with E-state index in [1.807, 2.05) is 4.90 Å². The van der Waals surface area contributed by atoms with E-state index in [1.165, 1.54) is 6.42 Å². The molecule has 5 nitrogen and oxygen atoms in total. The first-order valence-electron chi connectivity index (χ1n) is 7.43. The van der Waals surface area contributed by atoms with Gasteiger partial charge in [0, 0.05) is 45.8 Å². The van der Waals surface area contributed by atoms with Crippen LogP contribution in [0.5, 0.6) is 0 Å². The van der Waals surface area contributed by atoms with Gasteiger partial charge in [-0.05, 0) is 25.8 Å². The highest BCUT2D eigenvalue weighted by atomic mass is 16.5. The number of hydrogen-bond donors (Lipinski definition) is 1. The van der Waals surface area contributed by atoms with Gasteiger partial charge in [0.15, 0.2) is 0 Å². The predicted octanol–water partition coefficient (Wildman–Crippen LogP) is 0.685. The fourth-order valence-corrected chi connectivity index (χ4v) is 2.64. The molecule has 1 aliphatic rings. The standard InChI is InChI=1S/C14H29N3O2/c1-3-16(9-10-19-2)13(12-15)11-14(18)17-7-5-4-6-8-17/h13H,3-12,15H2,1-2H3. The molecule has 1 atom stereocenters. The van der Waals surface area contributed by atoms with Crippen LogP contribution in [0.25, 0.3) is 0 Å². The molecule has 1 fully saturated rings. The first-order chi connectivity index (χ1) is 9.22. The lowest BCUT2D eigenvalue weighted by molar-refractivity contribution is -0.133. The summed E-state index contributed by atoms with van der Waals surface area (Å²) < 4.78 is 5.11. The number of carbonyl (C=O) groups excluding carboxylic acids is 1. The van der Waals surface area contributed by atoms with Crippen molar-refractivity contribution in [3.05, 3.63) is 0 Å². The molecule has 0 aromatic heterocycles. The quantitative estimate of drug-likeness (QED) is 0.705. The van der Waals surface area contributed by atoms with E-state index in [9.17, 15) is 4.79 Å². The van der Waals surface area contributed by atoms with Gasteiger partial charge in [0.1, 0.15) is 0 Å². The van der Waals surface area contributed by atoms with Gasteiger partial charge < -0.3 is 15.4 Å². The van der Waals surface area contributed by atoms with Crippen molar-refractivity contribution in [1.29, 1.82) is 0 Å². The molecular formula is C14H29N3O2. The maximum atomic E-state index is 12.3. The second-order valence-electron chi connectivity index (χ2n) is 5.16. The molecule has 1 saturated heterocycles. The zero-order valence-electron chi connectivity index (χ0n) is 12.4. The van der Waals surface area contributed by atoms with Gasteiger partial charge in [-0.3, -0.25) is 9.69 Å². The van der Waals surface area contributed by atoms with Crippen LogP contribution in [-0.4, -0.2) is 68.2 Å². The van der Waals surface area contributed by atoms with E-state index >= 15 is 0 Å². The van der Waals surface area contributed by atoms with Gasteiger partial charge in [-0.15, -0.1) is 0 Å². The largest absolute Gasteiger partial charge is 0.383 e. The van der Waals surface area contributed by atoms with Crippen molar-refractivity contribution in [2.45, 2.75) is 38.6 Å². The molecule has 0 aliphatic carbocycles. The highest BCUT2D eigenvalue weighted by molar-refractivity contribution is 5.76. The van der Waals surface area contributed by atoms with Crippen LogP contribution in [0.4, 0.5) is 0 Å². The number of nitrogens with two attached hydrogens (primary N) is 1. The number of methoxy groups -OCH3 is 1. The molecule has 0 spiro atoms. The lowest BCUT2D eigenvalue weighted by Gasteiger charge is -2.32. The van der Waals surface area contributed by atoms with Crippen molar-refractivity contribution < 1.29 is 9.53 Å². The maximum absolute atomic E-state index is 12.3. The van der Waals surface area contributed by atoms with Gasteiger partial charge in [-0.25, -0.2) is 0 Å². The Bertz CT molecular complexity index is 255. The highest BCUT2D eigenvalue weighted by Gasteiger charge is 2.23. The number of amides is 1. The zero-order chi connectivity index (χ0) is 14.1. The third-order valence-electron chi connectivity index (χ3n) is 3.90. The van der Waals surface area contributed by atoms with E-state index in [1.54, 1.807) is 7.11 Å². The summed E-state index contributed by atoms with van der Waals surface area (Å²) in [4.78, 5) is 16.5. The topological polar surface area (TPSA) is 58.8 Å². The van der Waals surface area contributed by atoms with Crippen LogP contribution in [-0.2, 0) is 9.53 Å². The third-order valence-corrected chi connectivity index (χ3v) is 3.90. The Labute approximate surface area is 117 Å². The van der Waals surface area contributed by atoms with Crippen molar-refractivity contribution in [2.75, 3.05) is 46.4 Å². The number of nitrogens with zero attached hydrogens (tertiary/aromatic N) is 2. The first kappa shape index (κ1) is 16.4. The predicted molar refractivity (Wildman–Crippen MR) is 77.0 cm³/mol. The minimum absolute atomic E-state index is 0.134. The number of likely N-dealkylation sites (tertiary alicyclic amines) is 1. The highest BCUT2D eigenvalue weighted by Crippen LogP contribution is 2.12. The Morgan fingerprint density at radius 2 is 2.05 bits per heavy atom. The van der Waals surface area contributed by atoms with Crippen LogP contribution in [0.15, 0.2) is 0 Å². The summed E-state index contributed by atoms with van der Waals surface area (Å²) in [6.45, 7) is 6.88. The molecule has 0 radical (unpaired) electrons. The van der Waals surface area contributed by atoms with E-state index in [0.29, 0.717) is 19.6 Å². The van der Waals surface area contributed by atoms with Crippen LogP contribution >= 0.6 is 0 Å². The summed E-state index contributed by atoms with van der Waals surface area (Å²) in [5.41, 5.74) is 5.85. The summed E-state index contributed by atoms with van der Waals surface area (Å²) in [6, 6.07) is 0.134. The van der Waals surface area contributed by atoms with Crippen LogP contribution in [0.3, 0.4) is 0 Å². The summed E-state index contributed by atoms with van der Waals surface area (Å²) in [5, 5.41) is 0. The van der Waals surface area contributed by atoms with Crippen molar-refractivity contribution in [2.24, 2.45) is 5.73 Å². The van der Waals surface area contributed by atoms with Gasteiger partial charge in [0.2, 0.25) is 5.91 Å². The molecule has 1 heterocycles. The molecule has 112 valence electrons. The smallest absolute Gasteiger partial charge is 0.224 e. The second kappa shape index (κ2) is 9.28. The van der Waals surface area contributed by atoms with Crippen molar-refractivity contribution >= 4 is 5.91 Å². The lowest BCUT2D eigenvalue weighted by Crippen LogP contribution is -2.46. The number of rotatable bonds is 8. The minimum atomic E-state index is 0.134. The van der Waals surface area contributed by atoms with Crippen LogP contribution < -0.4 is 5.73 Å². The Hall–Kier alpha value is -0.650. The van der Waals surface area contributed by atoms with Crippen molar-refractivity contribution in [3.8, 4) is 0 Å². The van der Waals surface area contributed by atoms with E-state index in [0.717, 1.165) is 39.0 Å². The summed E-state index contributed by atoms with van der Waals surface area (Å²) in [5.74, 6) is 0.256. The Balaban J connectivity index is 2.46. The normalized spacial score (nSPS) is 17.8. The molecule has 1 rings (SSSR count). The van der Waals surface area contributed by atoms with Gasteiger partial charge in [-0.1, -0.05) is 6.92 Å². The van der Waals surface area contributed by atoms with Gasteiger partial charge in [0.05, 0.1) is 6.61 Å². The molecular weight excluding hydrogens is 242 g/mol. The molecule has 0 bridgehead atoms. The fourth-order valence-electron chi connectivity index (χ4n) is 2.64. The monoisotopic (exact) mass is 271 g/mol. The number of piperidine rings is 1. The van der Waals surface area contributed by atoms with Crippen molar-refractivity contribution in [3.63, 3.8) is 0 Å². The van der Waals surface area contributed by atoms with Gasteiger partial charge in [-0.2, -0.15) is 0 Å². The summed E-state index contributed by atoms with van der Waals surface area (Å²) in [6.07, 6.45) is 4.06. The molecule has 5 heteroatoms. The van der Waals surface area contributed by atoms with E-state index in [2.05, 4.69) is 11.8 Å². The van der Waals surface area contributed by atoms with Gasteiger partial charge in [0.25, 0.3) is 0 Å². The SMILES string of the molecule is CCN(CCOC)C(CN)CC(=O)N1CCCCC1. The Morgan fingerprint density at radius 1 is 1.37 bits per heavy atom. The molecule has 1 unspecified atom stereocenters. The van der Waals surface area contributed by atoms with E-state index in [4.69, 9.17) is 10.5 Å². The molecule has 0 saturated carbocycles. The Kier molecular flexibility index (Phi) is 8.02. The number of likely N-dealkylation sites (N-methyl/N-ethyl adjacent to an activating group) is 1. The van der Waals surface area contributed by atoms with E-state index < -0.39 is 0 Å². The first-order valence-corrected chi connectivity index (χ1v) is 7.43. The minimum Gasteiger partial charge on any atom is -0.383 e. The second-order valence-corrected chi connectivity index (χ2v) is 5.16. The van der Waals surface area contributed by atoms with Crippen LogP contribution in [0.2, 0.25) is 0 Å². The molecule has 19 heavy (non-hydrogen) atoms. The van der Waals surface area contributed by atoms with E-state index in [-0.39, 0.29) is 11.9 Å². The lowest BCUT2D eigenvalue weighted by atomic mass is 10.1. The zero-order valence-corrected chi connectivity index (χ0v) is 12.4. The molecule has 1 aliphatic heterocycles. The molecule has 2 N–H and O–H groups in total. The Morgan fingerprint density at radius 3 is 2.58 bits per heavy atom. The fraction of sp³-hybridized carbons (Fsp3) is 0.929.